The number of aryl methyl sites for hydroxylation is 1. The second-order valence-electron chi connectivity index (χ2n) is 6.71. The lowest BCUT2D eigenvalue weighted by atomic mass is 10.0. The molecule has 0 aliphatic heterocycles. The molecule has 0 aromatic heterocycles. The molecule has 0 fully saturated rings. The summed E-state index contributed by atoms with van der Waals surface area (Å²) >= 11 is 0. The summed E-state index contributed by atoms with van der Waals surface area (Å²) in [6, 6.07) is 20.7. The standard InChI is InChI=1S/C26H21F2N/c1-2-3-4-19-7-11-22(12-8-19)23-13-9-20(10-14-23)5-6-21-17-25(27)24(15-16-29)26(28)18-21/h7-14,17-18H,2-4,29H2,1H3. The molecule has 3 heteroatoms. The SMILES string of the molecule is CCCCc1ccc(-c2ccc(C#Cc3cc(F)c(C#CN)c(F)c3)cc2)cc1. The molecule has 0 saturated carbocycles. The Kier molecular flexibility index (Phi) is 6.67. The predicted octanol–water partition coefficient (Wildman–Crippen LogP) is 5.64. The Labute approximate surface area is 170 Å². The van der Waals surface area contributed by atoms with Gasteiger partial charge in [-0.2, -0.15) is 0 Å². The smallest absolute Gasteiger partial charge is 0.143 e. The van der Waals surface area contributed by atoms with Gasteiger partial charge in [0, 0.05) is 17.2 Å². The van der Waals surface area contributed by atoms with Crippen LogP contribution in [0.2, 0.25) is 0 Å². The van der Waals surface area contributed by atoms with Crippen molar-refractivity contribution in [2.75, 3.05) is 0 Å². The molecule has 3 aromatic carbocycles. The van der Waals surface area contributed by atoms with Gasteiger partial charge in [-0.05, 0) is 59.7 Å². The third-order valence-electron chi connectivity index (χ3n) is 4.58. The van der Waals surface area contributed by atoms with Crippen molar-refractivity contribution in [3.63, 3.8) is 0 Å². The Morgan fingerprint density at radius 2 is 1.31 bits per heavy atom. The van der Waals surface area contributed by atoms with E-state index in [1.807, 2.05) is 30.3 Å². The van der Waals surface area contributed by atoms with Gasteiger partial charge in [-0.25, -0.2) is 8.78 Å². The lowest BCUT2D eigenvalue weighted by molar-refractivity contribution is 0.577. The number of rotatable bonds is 4. The largest absolute Gasteiger partial charge is 0.359 e. The third kappa shape index (κ3) is 5.24. The molecule has 2 N–H and O–H groups in total. The quantitative estimate of drug-likeness (QED) is 0.456. The Balaban J connectivity index is 1.76. The van der Waals surface area contributed by atoms with E-state index >= 15 is 0 Å². The van der Waals surface area contributed by atoms with Crippen LogP contribution in [0.25, 0.3) is 11.1 Å². The van der Waals surface area contributed by atoms with Gasteiger partial charge < -0.3 is 5.73 Å². The van der Waals surface area contributed by atoms with Gasteiger partial charge in [0.1, 0.15) is 11.6 Å². The highest BCUT2D eigenvalue weighted by Gasteiger charge is 2.08. The molecule has 0 amide bonds. The van der Waals surface area contributed by atoms with E-state index in [0.29, 0.717) is 0 Å². The summed E-state index contributed by atoms with van der Waals surface area (Å²) in [5.41, 5.74) is 9.28. The minimum Gasteiger partial charge on any atom is -0.359 e. The summed E-state index contributed by atoms with van der Waals surface area (Å²) in [5, 5.41) is 0. The topological polar surface area (TPSA) is 26.0 Å². The van der Waals surface area contributed by atoms with Gasteiger partial charge in [0.15, 0.2) is 0 Å². The van der Waals surface area contributed by atoms with Crippen LogP contribution in [0.1, 0.15) is 42.0 Å². The Hall–Kier alpha value is -3.56. The molecular formula is C26H21F2N. The van der Waals surface area contributed by atoms with E-state index in [0.717, 1.165) is 35.2 Å². The number of nitrogens with two attached hydrogens (primary N) is 1. The van der Waals surface area contributed by atoms with Crippen molar-refractivity contribution in [2.45, 2.75) is 26.2 Å². The number of benzene rings is 3. The highest BCUT2D eigenvalue weighted by molar-refractivity contribution is 5.64. The minimum absolute atomic E-state index is 0.245. The fourth-order valence-electron chi connectivity index (χ4n) is 2.97. The summed E-state index contributed by atoms with van der Waals surface area (Å²) in [4.78, 5) is 0. The van der Waals surface area contributed by atoms with Crippen LogP contribution in [0.3, 0.4) is 0 Å². The van der Waals surface area contributed by atoms with Crippen molar-refractivity contribution >= 4 is 0 Å². The summed E-state index contributed by atoms with van der Waals surface area (Å²) < 4.78 is 27.8. The van der Waals surface area contributed by atoms with Crippen LogP contribution in [0.4, 0.5) is 8.78 Å². The molecule has 0 saturated heterocycles. The molecule has 0 bridgehead atoms. The first-order chi connectivity index (χ1) is 14.1. The third-order valence-corrected chi connectivity index (χ3v) is 4.58. The minimum atomic E-state index is -0.773. The summed E-state index contributed by atoms with van der Waals surface area (Å²) in [6.45, 7) is 2.19. The Bertz CT molecular complexity index is 1080. The zero-order valence-corrected chi connectivity index (χ0v) is 16.2. The normalized spacial score (nSPS) is 9.90. The molecule has 29 heavy (non-hydrogen) atoms. The van der Waals surface area contributed by atoms with Crippen molar-refractivity contribution in [3.05, 3.63) is 94.6 Å². The first-order valence-corrected chi connectivity index (χ1v) is 9.52. The summed E-state index contributed by atoms with van der Waals surface area (Å²) in [7, 11) is 0. The van der Waals surface area contributed by atoms with Crippen LogP contribution in [-0.4, -0.2) is 0 Å². The molecule has 3 rings (SSSR count). The van der Waals surface area contributed by atoms with E-state index in [1.165, 1.54) is 18.4 Å². The first kappa shape index (κ1) is 20.2. The summed E-state index contributed by atoms with van der Waals surface area (Å²) in [5.74, 6) is 6.39. The zero-order chi connectivity index (χ0) is 20.6. The van der Waals surface area contributed by atoms with E-state index in [2.05, 4.69) is 49.0 Å². The first-order valence-electron chi connectivity index (χ1n) is 9.52. The summed E-state index contributed by atoms with van der Waals surface area (Å²) in [6.07, 6.45) is 3.49. The highest BCUT2D eigenvalue weighted by Crippen LogP contribution is 2.21. The maximum absolute atomic E-state index is 13.9. The fourth-order valence-corrected chi connectivity index (χ4v) is 2.97. The molecule has 0 spiro atoms. The monoisotopic (exact) mass is 385 g/mol. The van der Waals surface area contributed by atoms with Gasteiger partial charge in [-0.1, -0.05) is 61.6 Å². The molecule has 0 aliphatic carbocycles. The van der Waals surface area contributed by atoms with Gasteiger partial charge in [0.2, 0.25) is 0 Å². The fraction of sp³-hybridized carbons (Fsp3) is 0.154. The van der Waals surface area contributed by atoms with Crippen molar-refractivity contribution in [3.8, 4) is 34.9 Å². The van der Waals surface area contributed by atoms with Crippen molar-refractivity contribution < 1.29 is 8.78 Å². The van der Waals surface area contributed by atoms with Crippen LogP contribution < -0.4 is 5.73 Å². The van der Waals surface area contributed by atoms with Crippen LogP contribution in [0.5, 0.6) is 0 Å². The Morgan fingerprint density at radius 3 is 1.86 bits per heavy atom. The number of unbranched alkanes of at least 4 members (excludes halogenated alkanes) is 1. The molecule has 1 nitrogen and oxygen atoms in total. The molecular weight excluding hydrogens is 364 g/mol. The van der Waals surface area contributed by atoms with Gasteiger partial charge in [-0.15, -0.1) is 0 Å². The highest BCUT2D eigenvalue weighted by atomic mass is 19.1. The number of hydrogen-bond acceptors (Lipinski definition) is 1. The van der Waals surface area contributed by atoms with Crippen molar-refractivity contribution in [2.24, 2.45) is 5.73 Å². The second-order valence-corrected chi connectivity index (χ2v) is 6.71. The van der Waals surface area contributed by atoms with E-state index in [9.17, 15) is 8.78 Å². The van der Waals surface area contributed by atoms with E-state index in [1.54, 1.807) is 0 Å². The molecule has 0 radical (unpaired) electrons. The predicted molar refractivity (Wildman–Crippen MR) is 114 cm³/mol. The van der Waals surface area contributed by atoms with E-state index in [4.69, 9.17) is 5.73 Å². The average Bonchev–Trinajstić information content (AvgIpc) is 2.74. The zero-order valence-electron chi connectivity index (χ0n) is 16.2. The second kappa shape index (κ2) is 9.58. The van der Waals surface area contributed by atoms with Gasteiger partial charge >= 0.3 is 0 Å². The average molecular weight is 385 g/mol. The van der Waals surface area contributed by atoms with E-state index in [-0.39, 0.29) is 11.1 Å². The lowest BCUT2D eigenvalue weighted by Gasteiger charge is -2.04. The molecule has 144 valence electrons. The van der Waals surface area contributed by atoms with E-state index < -0.39 is 11.6 Å². The van der Waals surface area contributed by atoms with Gasteiger partial charge in [0.25, 0.3) is 0 Å². The molecule has 0 atom stereocenters. The molecule has 0 aliphatic rings. The van der Waals surface area contributed by atoms with Crippen molar-refractivity contribution in [1.29, 1.82) is 0 Å². The van der Waals surface area contributed by atoms with Crippen molar-refractivity contribution in [1.82, 2.24) is 0 Å². The number of hydrogen-bond donors (Lipinski definition) is 1. The maximum atomic E-state index is 13.9. The molecule has 0 unspecified atom stereocenters. The van der Waals surface area contributed by atoms with Crippen LogP contribution >= 0.6 is 0 Å². The van der Waals surface area contributed by atoms with Gasteiger partial charge in [-0.3, -0.25) is 0 Å². The van der Waals surface area contributed by atoms with Gasteiger partial charge in [0.05, 0.1) is 5.56 Å². The lowest BCUT2D eigenvalue weighted by Crippen LogP contribution is -1.93. The molecule has 0 heterocycles. The van der Waals surface area contributed by atoms with Crippen LogP contribution in [0.15, 0.2) is 60.7 Å². The Morgan fingerprint density at radius 1 is 0.759 bits per heavy atom. The molecule has 3 aromatic rings. The van der Waals surface area contributed by atoms with Crippen LogP contribution in [-0.2, 0) is 6.42 Å². The number of halogens is 2. The maximum Gasteiger partial charge on any atom is 0.143 e. The van der Waals surface area contributed by atoms with Crippen LogP contribution in [0, 0.1) is 35.4 Å².